The minimum Gasteiger partial charge on any atom is -0.453 e. The number of methoxy groups -OCH3 is 1. The van der Waals surface area contributed by atoms with Crippen LogP contribution in [-0.2, 0) is 21.2 Å². The van der Waals surface area contributed by atoms with E-state index in [-0.39, 0.29) is 42.0 Å². The number of imidazole rings is 1. The van der Waals surface area contributed by atoms with Gasteiger partial charge in [0.05, 0.1) is 30.5 Å². The number of amides is 2. The molecule has 3 saturated carbocycles. The lowest BCUT2D eigenvalue weighted by Gasteiger charge is -2.39. The number of nitrogens with one attached hydrogen (secondary N) is 2. The monoisotopic (exact) mass is 665 g/mol. The number of alkyl carbamates (subject to hydrolysis) is 1. The molecule has 3 aliphatic rings. The number of nitrogens with two attached hydrogens (primary N) is 1. The van der Waals surface area contributed by atoms with Crippen LogP contribution in [-0.4, -0.2) is 74.1 Å². The topological polar surface area (TPSA) is 245 Å². The average molecular weight is 666 g/mol. The van der Waals surface area contributed by atoms with Crippen LogP contribution in [0, 0.1) is 0 Å². The van der Waals surface area contributed by atoms with Gasteiger partial charge in [0.15, 0.2) is 5.65 Å². The van der Waals surface area contributed by atoms with E-state index in [2.05, 4.69) is 25.5 Å². The molecule has 17 nitrogen and oxygen atoms in total. The van der Waals surface area contributed by atoms with E-state index in [9.17, 15) is 34.8 Å². The summed E-state index contributed by atoms with van der Waals surface area (Å²) in [6.45, 7) is 0. The SMILES string of the molecule is COC(=O)NC1(O)CCC(n2c(=O)n(C(O)(O)O)c3cnc(Nc4cc(C5CCCCC5)c5cnn(C6(C(N)=O)CCC6)c5n4)cc32)C1. The second kappa shape index (κ2) is 11.5. The van der Waals surface area contributed by atoms with Gasteiger partial charge in [0.2, 0.25) is 5.91 Å². The van der Waals surface area contributed by atoms with Gasteiger partial charge < -0.3 is 36.2 Å². The number of pyridine rings is 2. The highest BCUT2D eigenvalue weighted by atomic mass is 16.7. The molecule has 17 heteroatoms. The number of nitrogens with zero attached hydrogens (tertiary/aromatic N) is 6. The Morgan fingerprint density at radius 1 is 1.02 bits per heavy atom. The third-order valence-corrected chi connectivity index (χ3v) is 10.3. The predicted octanol–water partition coefficient (Wildman–Crippen LogP) is 1.41. The van der Waals surface area contributed by atoms with Crippen molar-refractivity contribution in [3.63, 3.8) is 0 Å². The Morgan fingerprint density at radius 3 is 2.42 bits per heavy atom. The molecular formula is C31H39N9O8. The largest absolute Gasteiger partial charge is 0.453 e. The first kappa shape index (κ1) is 32.0. The first-order chi connectivity index (χ1) is 22.8. The lowest BCUT2D eigenvalue weighted by Crippen LogP contribution is -2.52. The molecule has 2 unspecified atom stereocenters. The van der Waals surface area contributed by atoms with Gasteiger partial charge in [0.25, 0.3) is 0 Å². The van der Waals surface area contributed by atoms with E-state index in [1.54, 1.807) is 10.9 Å². The zero-order valence-corrected chi connectivity index (χ0v) is 26.4. The van der Waals surface area contributed by atoms with Crippen LogP contribution in [0.5, 0.6) is 0 Å². The summed E-state index contributed by atoms with van der Waals surface area (Å²) in [4.78, 5) is 47.4. The van der Waals surface area contributed by atoms with E-state index in [4.69, 9.17) is 10.7 Å². The van der Waals surface area contributed by atoms with Crippen molar-refractivity contribution < 1.29 is 34.8 Å². The van der Waals surface area contributed by atoms with E-state index in [1.807, 2.05) is 6.07 Å². The Kier molecular flexibility index (Phi) is 7.69. The van der Waals surface area contributed by atoms with Crippen LogP contribution in [0.2, 0.25) is 0 Å². The molecule has 0 spiro atoms. The van der Waals surface area contributed by atoms with Crippen LogP contribution in [0.15, 0.2) is 29.3 Å². The van der Waals surface area contributed by atoms with Crippen molar-refractivity contribution in [2.75, 3.05) is 12.4 Å². The van der Waals surface area contributed by atoms with Gasteiger partial charge >= 0.3 is 17.9 Å². The number of aliphatic hydroxyl groups is 4. The van der Waals surface area contributed by atoms with Gasteiger partial charge in [-0.2, -0.15) is 5.10 Å². The number of fused-ring (bicyclic) bond motifs is 2. The maximum Gasteiger partial charge on any atom is 0.409 e. The van der Waals surface area contributed by atoms with Crippen LogP contribution >= 0.6 is 0 Å². The maximum atomic E-state index is 13.6. The lowest BCUT2D eigenvalue weighted by molar-refractivity contribution is -0.374. The zero-order valence-electron chi connectivity index (χ0n) is 26.4. The molecule has 0 radical (unpaired) electrons. The molecule has 256 valence electrons. The smallest absolute Gasteiger partial charge is 0.409 e. The summed E-state index contributed by atoms with van der Waals surface area (Å²) in [5.74, 6) is 0.465. The molecule has 2 atom stereocenters. The third kappa shape index (κ3) is 5.26. The number of carbonyl (C=O) groups excluding carboxylic acids is 2. The zero-order chi connectivity index (χ0) is 34.0. The summed E-state index contributed by atoms with van der Waals surface area (Å²) in [6.07, 6.45) is 6.12. The van der Waals surface area contributed by atoms with Gasteiger partial charge in [0, 0.05) is 23.9 Å². The molecule has 48 heavy (non-hydrogen) atoms. The van der Waals surface area contributed by atoms with Crippen molar-refractivity contribution in [3.8, 4) is 0 Å². The van der Waals surface area contributed by atoms with Crippen molar-refractivity contribution in [2.45, 2.75) is 99.9 Å². The molecule has 2 amide bonds. The van der Waals surface area contributed by atoms with Crippen molar-refractivity contribution in [2.24, 2.45) is 5.73 Å². The van der Waals surface area contributed by atoms with Crippen molar-refractivity contribution in [1.82, 2.24) is 34.2 Å². The molecule has 0 aliphatic heterocycles. The van der Waals surface area contributed by atoms with E-state index >= 15 is 0 Å². The lowest BCUT2D eigenvalue weighted by atomic mass is 9.76. The van der Waals surface area contributed by atoms with E-state index in [1.165, 1.54) is 23.3 Å². The van der Waals surface area contributed by atoms with Gasteiger partial charge in [-0.1, -0.05) is 19.3 Å². The molecule has 8 N–H and O–H groups in total. The minimum atomic E-state index is -3.55. The minimum absolute atomic E-state index is 0.0823. The number of hydrogen-bond acceptors (Lipinski definition) is 12. The molecular weight excluding hydrogens is 626 g/mol. The molecule has 3 aliphatic carbocycles. The van der Waals surface area contributed by atoms with Crippen molar-refractivity contribution in [3.05, 3.63) is 40.6 Å². The molecule has 0 bridgehead atoms. The Bertz CT molecular complexity index is 1970. The first-order valence-corrected chi connectivity index (χ1v) is 16.2. The highest BCUT2D eigenvalue weighted by Crippen LogP contribution is 2.43. The summed E-state index contributed by atoms with van der Waals surface area (Å²) in [7, 11) is 1.16. The van der Waals surface area contributed by atoms with Gasteiger partial charge in [-0.05, 0) is 62.5 Å². The molecule has 7 rings (SSSR count). The van der Waals surface area contributed by atoms with Crippen LogP contribution in [0.4, 0.5) is 16.4 Å². The predicted molar refractivity (Wildman–Crippen MR) is 170 cm³/mol. The Morgan fingerprint density at radius 2 is 1.77 bits per heavy atom. The first-order valence-electron chi connectivity index (χ1n) is 16.2. The summed E-state index contributed by atoms with van der Waals surface area (Å²) in [5.41, 5.74) is 3.94. The van der Waals surface area contributed by atoms with Crippen molar-refractivity contribution >= 4 is 45.7 Å². The van der Waals surface area contributed by atoms with E-state index in [0.717, 1.165) is 50.2 Å². The number of rotatable bonds is 8. The van der Waals surface area contributed by atoms with Crippen molar-refractivity contribution in [1.29, 1.82) is 0 Å². The average Bonchev–Trinajstić information content (AvgIpc) is 3.69. The number of ether oxygens (including phenoxy) is 1. The summed E-state index contributed by atoms with van der Waals surface area (Å²) >= 11 is 0. The van der Waals surface area contributed by atoms with Crippen LogP contribution in [0.25, 0.3) is 22.1 Å². The highest BCUT2D eigenvalue weighted by molar-refractivity contribution is 5.88. The molecule has 4 aromatic heterocycles. The van der Waals surface area contributed by atoms with Gasteiger partial charge in [-0.3, -0.25) is 14.7 Å². The fraction of sp³-hybridized carbons (Fsp3) is 0.548. The second-order valence-corrected chi connectivity index (χ2v) is 13.3. The van der Waals surface area contributed by atoms with E-state index in [0.29, 0.717) is 28.9 Å². The highest BCUT2D eigenvalue weighted by Gasteiger charge is 2.47. The standard InChI is InChI=1S/C31H39N9O8/c1-48-27(42)37-30(44)11-8-18(14-30)38-21-13-23(33-16-22(21)39(28(38)43)31(45,46)47)35-24-12-19(17-6-3-2-4-7-17)20-15-34-40(25(20)36-24)29(26(32)41)9-5-10-29/h12-13,15-18,44-47H,2-11,14H2,1H3,(H2,32,41)(H,37,42)(H,33,35,36). The van der Waals surface area contributed by atoms with Gasteiger partial charge in [-0.15, -0.1) is 0 Å². The van der Waals surface area contributed by atoms with Crippen LogP contribution in [0.1, 0.15) is 88.2 Å². The number of primary amides is 1. The summed E-state index contributed by atoms with van der Waals surface area (Å²) in [5, 5.41) is 52.4. The van der Waals surface area contributed by atoms with Gasteiger partial charge in [0.1, 0.15) is 22.9 Å². The second-order valence-electron chi connectivity index (χ2n) is 13.3. The van der Waals surface area contributed by atoms with Crippen LogP contribution < -0.4 is 22.1 Å². The number of carbonyl (C=O) groups is 2. The summed E-state index contributed by atoms with van der Waals surface area (Å²) < 4.78 is 7.87. The Hall–Kier alpha value is -4.58. The van der Waals surface area contributed by atoms with Crippen LogP contribution in [0.3, 0.4) is 0 Å². The maximum absolute atomic E-state index is 13.6. The number of anilines is 2. The molecule has 3 fully saturated rings. The fourth-order valence-electron chi connectivity index (χ4n) is 7.76. The number of aromatic nitrogens is 6. The Labute approximate surface area is 273 Å². The molecule has 4 heterocycles. The third-order valence-electron chi connectivity index (χ3n) is 10.3. The normalized spacial score (nSPS) is 22.9. The fourth-order valence-corrected chi connectivity index (χ4v) is 7.76. The quantitative estimate of drug-likeness (QED) is 0.132. The van der Waals surface area contributed by atoms with E-state index < -0.39 is 41.1 Å². The molecule has 0 aromatic carbocycles. The Balaban J connectivity index is 1.32. The summed E-state index contributed by atoms with van der Waals surface area (Å²) in [6, 6.07) is 2.74. The molecule has 0 saturated heterocycles. The molecule has 4 aromatic rings. The van der Waals surface area contributed by atoms with Gasteiger partial charge in [-0.25, -0.2) is 28.8 Å². The number of hydrogen-bond donors (Lipinski definition) is 7.